The number of carbonyl (C=O) groups is 2. The van der Waals surface area contributed by atoms with Crippen LogP contribution in [0.15, 0.2) is 48.5 Å². The second kappa shape index (κ2) is 7.25. The minimum atomic E-state index is -0.310. The van der Waals surface area contributed by atoms with Crippen LogP contribution in [0.2, 0.25) is 0 Å². The SMILES string of the molecule is O=C(CCc1cccc(F)c1)Nc1ccccc1C(=O)NC1CC1. The molecule has 5 heteroatoms. The van der Waals surface area contributed by atoms with Crippen LogP contribution < -0.4 is 10.6 Å². The van der Waals surface area contributed by atoms with Gasteiger partial charge in [0.2, 0.25) is 5.91 Å². The van der Waals surface area contributed by atoms with Crippen molar-refractivity contribution in [1.29, 1.82) is 0 Å². The van der Waals surface area contributed by atoms with E-state index in [4.69, 9.17) is 0 Å². The van der Waals surface area contributed by atoms with Crippen LogP contribution in [-0.2, 0) is 11.2 Å². The zero-order valence-corrected chi connectivity index (χ0v) is 13.2. The lowest BCUT2D eigenvalue weighted by Gasteiger charge is -2.11. The third-order valence-electron chi connectivity index (χ3n) is 3.89. The first-order valence-electron chi connectivity index (χ1n) is 8.06. The predicted molar refractivity (Wildman–Crippen MR) is 90.3 cm³/mol. The summed E-state index contributed by atoms with van der Waals surface area (Å²) >= 11 is 0. The lowest BCUT2D eigenvalue weighted by atomic mass is 10.1. The Morgan fingerprint density at radius 3 is 2.62 bits per heavy atom. The van der Waals surface area contributed by atoms with E-state index in [9.17, 15) is 14.0 Å². The summed E-state index contributed by atoms with van der Waals surface area (Å²) < 4.78 is 13.1. The minimum Gasteiger partial charge on any atom is -0.349 e. The van der Waals surface area contributed by atoms with Gasteiger partial charge in [-0.2, -0.15) is 0 Å². The average molecular weight is 326 g/mol. The summed E-state index contributed by atoms with van der Waals surface area (Å²) in [5.41, 5.74) is 1.73. The largest absolute Gasteiger partial charge is 0.349 e. The molecule has 0 bridgehead atoms. The van der Waals surface area contributed by atoms with Gasteiger partial charge in [0.05, 0.1) is 11.3 Å². The molecule has 1 saturated carbocycles. The maximum absolute atomic E-state index is 13.1. The molecule has 1 fully saturated rings. The first-order chi connectivity index (χ1) is 11.6. The summed E-state index contributed by atoms with van der Waals surface area (Å²) in [5, 5.41) is 5.69. The third kappa shape index (κ3) is 4.41. The molecule has 2 aromatic rings. The number of anilines is 1. The Morgan fingerprint density at radius 1 is 1.08 bits per heavy atom. The Balaban J connectivity index is 1.60. The highest BCUT2D eigenvalue weighted by atomic mass is 19.1. The number of hydrogen-bond acceptors (Lipinski definition) is 2. The van der Waals surface area contributed by atoms with Gasteiger partial charge in [0, 0.05) is 12.5 Å². The summed E-state index contributed by atoms with van der Waals surface area (Å²) in [6.07, 6.45) is 2.68. The predicted octanol–water partition coefficient (Wildman–Crippen LogP) is 3.29. The number of rotatable bonds is 6. The number of para-hydroxylation sites is 1. The van der Waals surface area contributed by atoms with Crippen molar-refractivity contribution >= 4 is 17.5 Å². The topological polar surface area (TPSA) is 58.2 Å². The molecule has 0 spiro atoms. The van der Waals surface area contributed by atoms with Crippen LogP contribution in [0.3, 0.4) is 0 Å². The molecule has 124 valence electrons. The maximum atomic E-state index is 13.1. The zero-order chi connectivity index (χ0) is 16.9. The Bertz CT molecular complexity index is 757. The highest BCUT2D eigenvalue weighted by Crippen LogP contribution is 2.21. The van der Waals surface area contributed by atoms with Gasteiger partial charge in [-0.25, -0.2) is 4.39 Å². The molecule has 0 radical (unpaired) electrons. The van der Waals surface area contributed by atoms with Crippen molar-refractivity contribution in [2.24, 2.45) is 0 Å². The quantitative estimate of drug-likeness (QED) is 0.856. The number of halogens is 1. The molecule has 0 aromatic heterocycles. The number of hydrogen-bond donors (Lipinski definition) is 2. The third-order valence-corrected chi connectivity index (χ3v) is 3.89. The summed E-state index contributed by atoms with van der Waals surface area (Å²) in [7, 11) is 0. The van der Waals surface area contributed by atoms with Gasteiger partial charge in [-0.1, -0.05) is 24.3 Å². The first-order valence-corrected chi connectivity index (χ1v) is 8.06. The fourth-order valence-corrected chi connectivity index (χ4v) is 2.44. The second-order valence-corrected chi connectivity index (χ2v) is 5.97. The summed E-state index contributed by atoms with van der Waals surface area (Å²) in [6.45, 7) is 0. The van der Waals surface area contributed by atoms with Crippen molar-refractivity contribution in [1.82, 2.24) is 5.32 Å². The number of carbonyl (C=O) groups excluding carboxylic acids is 2. The Hall–Kier alpha value is -2.69. The van der Waals surface area contributed by atoms with E-state index < -0.39 is 0 Å². The summed E-state index contributed by atoms with van der Waals surface area (Å²) in [6, 6.07) is 13.4. The molecule has 1 aliphatic carbocycles. The molecule has 24 heavy (non-hydrogen) atoms. The van der Waals surface area contributed by atoms with E-state index in [1.54, 1.807) is 36.4 Å². The van der Waals surface area contributed by atoms with Crippen LogP contribution in [0.1, 0.15) is 35.2 Å². The van der Waals surface area contributed by atoms with Crippen molar-refractivity contribution in [3.63, 3.8) is 0 Å². The van der Waals surface area contributed by atoms with Crippen LogP contribution in [0.5, 0.6) is 0 Å². The van der Waals surface area contributed by atoms with Crippen molar-refractivity contribution in [3.05, 3.63) is 65.5 Å². The monoisotopic (exact) mass is 326 g/mol. The van der Waals surface area contributed by atoms with Crippen LogP contribution in [0.4, 0.5) is 10.1 Å². The molecule has 2 amide bonds. The van der Waals surface area contributed by atoms with Gasteiger partial charge in [-0.15, -0.1) is 0 Å². The van der Waals surface area contributed by atoms with E-state index in [0.717, 1.165) is 18.4 Å². The van der Waals surface area contributed by atoms with Crippen LogP contribution >= 0.6 is 0 Å². The lowest BCUT2D eigenvalue weighted by Crippen LogP contribution is -2.27. The highest BCUT2D eigenvalue weighted by Gasteiger charge is 2.24. The molecule has 0 aliphatic heterocycles. The number of amides is 2. The van der Waals surface area contributed by atoms with Crippen molar-refractivity contribution < 1.29 is 14.0 Å². The Morgan fingerprint density at radius 2 is 1.88 bits per heavy atom. The van der Waals surface area contributed by atoms with Crippen LogP contribution in [0, 0.1) is 5.82 Å². The summed E-state index contributed by atoms with van der Waals surface area (Å²) in [4.78, 5) is 24.4. The fraction of sp³-hybridized carbons (Fsp3) is 0.263. The normalized spacial score (nSPS) is 13.4. The van der Waals surface area contributed by atoms with Crippen LogP contribution in [0.25, 0.3) is 0 Å². The molecule has 2 N–H and O–H groups in total. The average Bonchev–Trinajstić information content (AvgIpc) is 3.37. The Labute approximate surface area is 140 Å². The smallest absolute Gasteiger partial charge is 0.253 e. The van der Waals surface area contributed by atoms with Gasteiger partial charge >= 0.3 is 0 Å². The van der Waals surface area contributed by atoms with E-state index in [-0.39, 0.29) is 30.1 Å². The van der Waals surface area contributed by atoms with Gasteiger partial charge in [0.25, 0.3) is 5.91 Å². The van der Waals surface area contributed by atoms with Gasteiger partial charge in [0.15, 0.2) is 0 Å². The molecular weight excluding hydrogens is 307 g/mol. The maximum Gasteiger partial charge on any atom is 0.253 e. The first kappa shape index (κ1) is 16.2. The molecular formula is C19H19FN2O2. The minimum absolute atomic E-state index is 0.168. The van der Waals surface area contributed by atoms with Crippen molar-refractivity contribution in [2.75, 3.05) is 5.32 Å². The van der Waals surface area contributed by atoms with Gasteiger partial charge in [-0.3, -0.25) is 9.59 Å². The van der Waals surface area contributed by atoms with Gasteiger partial charge in [0.1, 0.15) is 5.82 Å². The molecule has 0 saturated heterocycles. The molecule has 0 atom stereocenters. The molecule has 4 nitrogen and oxygen atoms in total. The molecule has 1 aliphatic rings. The number of benzene rings is 2. The van der Waals surface area contributed by atoms with Crippen molar-refractivity contribution in [3.8, 4) is 0 Å². The van der Waals surface area contributed by atoms with E-state index in [0.29, 0.717) is 17.7 Å². The van der Waals surface area contributed by atoms with Gasteiger partial charge in [-0.05, 0) is 49.1 Å². The molecule has 0 unspecified atom stereocenters. The summed E-state index contributed by atoms with van der Waals surface area (Å²) in [5.74, 6) is -0.681. The van der Waals surface area contributed by atoms with Crippen LogP contribution in [-0.4, -0.2) is 17.9 Å². The van der Waals surface area contributed by atoms with Gasteiger partial charge < -0.3 is 10.6 Å². The number of nitrogens with one attached hydrogen (secondary N) is 2. The zero-order valence-electron chi connectivity index (χ0n) is 13.2. The number of aryl methyl sites for hydroxylation is 1. The standard InChI is InChI=1S/C19H19FN2O2/c20-14-5-3-4-13(12-14)8-11-18(23)22-17-7-2-1-6-16(17)19(24)21-15-9-10-15/h1-7,12,15H,8-11H2,(H,21,24)(H,22,23). The molecule has 0 heterocycles. The fourth-order valence-electron chi connectivity index (χ4n) is 2.44. The molecule has 2 aromatic carbocycles. The van der Waals surface area contributed by atoms with E-state index in [1.807, 2.05) is 0 Å². The van der Waals surface area contributed by atoms with E-state index in [1.165, 1.54) is 12.1 Å². The Kier molecular flexibility index (Phi) is 4.89. The molecule has 3 rings (SSSR count). The lowest BCUT2D eigenvalue weighted by molar-refractivity contribution is -0.116. The van der Waals surface area contributed by atoms with E-state index >= 15 is 0 Å². The highest BCUT2D eigenvalue weighted by molar-refractivity contribution is 6.03. The van der Waals surface area contributed by atoms with Crippen molar-refractivity contribution in [2.45, 2.75) is 31.7 Å². The van der Waals surface area contributed by atoms with E-state index in [2.05, 4.69) is 10.6 Å². The second-order valence-electron chi connectivity index (χ2n) is 5.97.